The molecule has 3 aromatic rings. The molecule has 0 saturated heterocycles. The van der Waals surface area contributed by atoms with Crippen molar-refractivity contribution in [2.75, 3.05) is 11.4 Å². The Labute approximate surface area is 144 Å². The third-order valence-electron chi connectivity index (χ3n) is 4.12. The molecule has 3 rings (SSSR count). The Hall–Kier alpha value is -2.21. The number of halogens is 1. The van der Waals surface area contributed by atoms with E-state index in [9.17, 15) is 9.18 Å². The van der Waals surface area contributed by atoms with Crippen molar-refractivity contribution in [1.29, 1.82) is 0 Å². The number of hydrogen-bond donors (Lipinski definition) is 0. The van der Waals surface area contributed by atoms with Crippen molar-refractivity contribution in [2.45, 2.75) is 33.7 Å². The first-order chi connectivity index (χ1) is 11.5. The van der Waals surface area contributed by atoms with E-state index in [-0.39, 0.29) is 11.4 Å². The Morgan fingerprint density at radius 3 is 2.58 bits per heavy atom. The third-order valence-corrected chi connectivity index (χ3v) is 5.12. The van der Waals surface area contributed by atoms with Gasteiger partial charge in [-0.05, 0) is 44.5 Å². The summed E-state index contributed by atoms with van der Waals surface area (Å²) in [5.41, 5.74) is 2.64. The van der Waals surface area contributed by atoms with Crippen molar-refractivity contribution in [2.24, 2.45) is 0 Å². The van der Waals surface area contributed by atoms with Gasteiger partial charge >= 0.3 is 0 Å². The predicted octanol–water partition coefficient (Wildman–Crippen LogP) is 3.79. The van der Waals surface area contributed by atoms with E-state index in [2.05, 4.69) is 9.88 Å². The zero-order chi connectivity index (χ0) is 17.3. The second kappa shape index (κ2) is 6.73. The first-order valence-electron chi connectivity index (χ1n) is 8.05. The molecule has 24 heavy (non-hydrogen) atoms. The molecule has 6 heteroatoms. The number of rotatable bonds is 5. The number of anilines is 1. The van der Waals surface area contributed by atoms with Crippen LogP contribution in [0.4, 0.5) is 10.1 Å². The molecule has 0 aliphatic rings. The fourth-order valence-electron chi connectivity index (χ4n) is 2.90. The number of fused-ring (bicyclic) bond motifs is 1. The molecule has 2 aromatic heterocycles. The molecule has 0 atom stereocenters. The second-order valence-electron chi connectivity index (χ2n) is 5.65. The van der Waals surface area contributed by atoms with Gasteiger partial charge in [0.1, 0.15) is 5.82 Å². The lowest BCUT2D eigenvalue weighted by molar-refractivity contribution is 0.627. The lowest BCUT2D eigenvalue weighted by Gasteiger charge is -2.22. The highest BCUT2D eigenvalue weighted by molar-refractivity contribution is 7.17. The van der Waals surface area contributed by atoms with Gasteiger partial charge in [0.25, 0.3) is 5.56 Å². The summed E-state index contributed by atoms with van der Waals surface area (Å²) in [4.78, 5) is 21.1. The maximum absolute atomic E-state index is 13.1. The summed E-state index contributed by atoms with van der Waals surface area (Å²) in [7, 11) is 0. The van der Waals surface area contributed by atoms with Crippen molar-refractivity contribution in [3.05, 3.63) is 62.8 Å². The standard InChI is InChI=1S/C18H20FN3OS/c1-4-16-12(3)24-18-20-14(10-17(23)22(16)18)11-21(5-2)15-8-6-13(19)7-9-15/h6-10H,4-5,11H2,1-3H3. The van der Waals surface area contributed by atoms with Crippen LogP contribution in [-0.4, -0.2) is 15.9 Å². The molecule has 4 nitrogen and oxygen atoms in total. The quantitative estimate of drug-likeness (QED) is 0.706. The average molecular weight is 345 g/mol. The summed E-state index contributed by atoms with van der Waals surface area (Å²) in [6.07, 6.45) is 0.809. The Balaban J connectivity index is 1.97. The molecule has 2 heterocycles. The van der Waals surface area contributed by atoms with Crippen LogP contribution in [0.25, 0.3) is 4.96 Å². The molecule has 0 spiro atoms. The Kier molecular flexibility index (Phi) is 4.66. The lowest BCUT2D eigenvalue weighted by atomic mass is 10.2. The van der Waals surface area contributed by atoms with E-state index in [1.165, 1.54) is 12.1 Å². The minimum absolute atomic E-state index is 0.0358. The van der Waals surface area contributed by atoms with Crippen LogP contribution in [0.1, 0.15) is 30.1 Å². The van der Waals surface area contributed by atoms with Gasteiger partial charge in [0.05, 0.1) is 12.2 Å². The van der Waals surface area contributed by atoms with Crippen molar-refractivity contribution in [1.82, 2.24) is 9.38 Å². The van der Waals surface area contributed by atoms with E-state index in [4.69, 9.17) is 0 Å². The number of aromatic nitrogens is 2. The summed E-state index contributed by atoms with van der Waals surface area (Å²) in [5.74, 6) is -0.256. The van der Waals surface area contributed by atoms with Crippen molar-refractivity contribution < 1.29 is 4.39 Å². The molecule has 0 radical (unpaired) electrons. The molecular weight excluding hydrogens is 325 g/mol. The van der Waals surface area contributed by atoms with Crippen molar-refractivity contribution >= 4 is 22.0 Å². The molecule has 0 N–H and O–H groups in total. The number of aryl methyl sites for hydroxylation is 2. The van der Waals surface area contributed by atoms with Crippen LogP contribution in [0.15, 0.2) is 35.1 Å². The summed E-state index contributed by atoms with van der Waals surface area (Å²) in [6, 6.07) is 7.98. The van der Waals surface area contributed by atoms with Crippen LogP contribution < -0.4 is 10.5 Å². The van der Waals surface area contributed by atoms with Crippen LogP contribution in [-0.2, 0) is 13.0 Å². The SMILES string of the molecule is CCc1c(C)sc2nc(CN(CC)c3ccc(F)cc3)cc(=O)n12. The van der Waals surface area contributed by atoms with Gasteiger partial charge in [0, 0.05) is 28.9 Å². The van der Waals surface area contributed by atoms with Crippen molar-refractivity contribution in [3.63, 3.8) is 0 Å². The minimum atomic E-state index is -0.256. The highest BCUT2D eigenvalue weighted by Crippen LogP contribution is 2.21. The number of hydrogen-bond acceptors (Lipinski definition) is 4. The highest BCUT2D eigenvalue weighted by atomic mass is 32.1. The molecule has 126 valence electrons. The highest BCUT2D eigenvalue weighted by Gasteiger charge is 2.13. The van der Waals surface area contributed by atoms with E-state index in [1.807, 2.05) is 20.8 Å². The van der Waals surface area contributed by atoms with Crippen LogP contribution in [0.3, 0.4) is 0 Å². The summed E-state index contributed by atoms with van der Waals surface area (Å²) in [5, 5.41) is 0. The summed E-state index contributed by atoms with van der Waals surface area (Å²) >= 11 is 1.55. The first-order valence-corrected chi connectivity index (χ1v) is 8.86. The smallest absolute Gasteiger partial charge is 0.259 e. The van der Waals surface area contributed by atoms with Gasteiger partial charge < -0.3 is 4.90 Å². The number of thiazole rings is 1. The monoisotopic (exact) mass is 345 g/mol. The molecule has 1 aromatic carbocycles. The van der Waals surface area contributed by atoms with Crippen LogP contribution in [0.2, 0.25) is 0 Å². The molecular formula is C18H20FN3OS. The largest absolute Gasteiger partial charge is 0.366 e. The summed E-state index contributed by atoms with van der Waals surface area (Å²) < 4.78 is 14.8. The van der Waals surface area contributed by atoms with Gasteiger partial charge in [-0.15, -0.1) is 11.3 Å². The van der Waals surface area contributed by atoms with E-state index in [0.29, 0.717) is 6.54 Å². The number of benzene rings is 1. The van der Waals surface area contributed by atoms with E-state index in [1.54, 1.807) is 33.9 Å². The van der Waals surface area contributed by atoms with Gasteiger partial charge in [-0.2, -0.15) is 0 Å². The second-order valence-corrected chi connectivity index (χ2v) is 6.83. The molecule has 0 bridgehead atoms. The minimum Gasteiger partial charge on any atom is -0.366 e. The van der Waals surface area contributed by atoms with Crippen LogP contribution in [0, 0.1) is 12.7 Å². The van der Waals surface area contributed by atoms with E-state index < -0.39 is 0 Å². The maximum atomic E-state index is 13.1. The molecule has 0 unspecified atom stereocenters. The summed E-state index contributed by atoms with van der Waals surface area (Å²) in [6.45, 7) is 7.36. The Morgan fingerprint density at radius 2 is 1.96 bits per heavy atom. The molecule has 0 aliphatic heterocycles. The fraction of sp³-hybridized carbons (Fsp3) is 0.333. The maximum Gasteiger partial charge on any atom is 0.259 e. The van der Waals surface area contributed by atoms with Gasteiger partial charge in [0.15, 0.2) is 4.96 Å². The molecule has 0 aliphatic carbocycles. The first kappa shape index (κ1) is 16.6. The topological polar surface area (TPSA) is 37.6 Å². The van der Waals surface area contributed by atoms with Gasteiger partial charge in [-0.25, -0.2) is 9.37 Å². The van der Waals surface area contributed by atoms with E-state index >= 15 is 0 Å². The van der Waals surface area contributed by atoms with E-state index in [0.717, 1.165) is 39.9 Å². The Bertz CT molecular complexity index is 914. The number of nitrogens with zero attached hydrogens (tertiary/aromatic N) is 3. The fourth-order valence-corrected chi connectivity index (χ4v) is 3.98. The molecule has 0 fully saturated rings. The van der Waals surface area contributed by atoms with Gasteiger partial charge in [0.2, 0.25) is 0 Å². The molecule has 0 saturated carbocycles. The Morgan fingerprint density at radius 1 is 1.25 bits per heavy atom. The zero-order valence-electron chi connectivity index (χ0n) is 14.0. The van der Waals surface area contributed by atoms with Crippen LogP contribution in [0.5, 0.6) is 0 Å². The van der Waals surface area contributed by atoms with Gasteiger partial charge in [-0.3, -0.25) is 9.20 Å². The average Bonchev–Trinajstić information content (AvgIpc) is 2.89. The van der Waals surface area contributed by atoms with Gasteiger partial charge in [-0.1, -0.05) is 6.92 Å². The van der Waals surface area contributed by atoms with Crippen LogP contribution >= 0.6 is 11.3 Å². The normalized spacial score (nSPS) is 11.2. The zero-order valence-corrected chi connectivity index (χ0v) is 14.9. The predicted molar refractivity (Wildman–Crippen MR) is 96.6 cm³/mol. The lowest BCUT2D eigenvalue weighted by Crippen LogP contribution is -2.25. The third kappa shape index (κ3) is 3.06. The molecule has 0 amide bonds. The van der Waals surface area contributed by atoms with Crippen molar-refractivity contribution in [3.8, 4) is 0 Å².